The summed E-state index contributed by atoms with van der Waals surface area (Å²) in [6.45, 7) is 0. The van der Waals surface area contributed by atoms with Crippen molar-refractivity contribution in [2.24, 2.45) is 0 Å². The van der Waals surface area contributed by atoms with Crippen LogP contribution in [0.15, 0.2) is 128 Å². The lowest BCUT2D eigenvalue weighted by Gasteiger charge is -2.37. The van der Waals surface area contributed by atoms with Gasteiger partial charge in [-0.2, -0.15) is 0 Å². The quantitative estimate of drug-likeness (QED) is 0.294. The number of hydrogen-bond donors (Lipinski definition) is 1. The van der Waals surface area contributed by atoms with E-state index in [1.807, 2.05) is 0 Å². The van der Waals surface area contributed by atoms with Gasteiger partial charge in [0.15, 0.2) is 0 Å². The second-order valence-corrected chi connectivity index (χ2v) is 7.13. The van der Waals surface area contributed by atoms with Crippen molar-refractivity contribution in [3.05, 3.63) is 155 Å². The summed E-state index contributed by atoms with van der Waals surface area (Å²) in [4.78, 5) is 0. The van der Waals surface area contributed by atoms with E-state index in [0.29, 0.717) is 6.42 Å². The molecule has 0 amide bonds. The van der Waals surface area contributed by atoms with Crippen LogP contribution in [0.25, 0.3) is 0 Å². The molecule has 1 heteroatoms. The van der Waals surface area contributed by atoms with Crippen LogP contribution in [0.3, 0.4) is 0 Å². The Morgan fingerprint density at radius 1 is 0.517 bits per heavy atom. The summed E-state index contributed by atoms with van der Waals surface area (Å²) < 4.78 is 0. The minimum absolute atomic E-state index is 0.408. The molecule has 1 nitrogen and oxygen atoms in total. The first-order valence-electron chi connectivity index (χ1n) is 9.91. The maximum Gasteiger partial charge on any atom is 0.0755 e. The van der Waals surface area contributed by atoms with Crippen LogP contribution in [-0.2, 0) is 11.8 Å². The fourth-order valence-corrected chi connectivity index (χ4v) is 4.14. The van der Waals surface area contributed by atoms with Crippen molar-refractivity contribution in [3.8, 4) is 0 Å². The minimum atomic E-state index is -0.408. The molecule has 142 valence electrons. The molecule has 0 aromatic heterocycles. The average molecular weight is 376 g/mol. The van der Waals surface area contributed by atoms with Crippen molar-refractivity contribution in [1.29, 1.82) is 0 Å². The standard InChI is InChI=1S/C28H24O/c29-22-10-11-23-18-20-27(21-19-23)28(24-12-4-1-5-13-24,25-14-6-2-7-15-25)26-16-8-3-9-17-26/h1-10,12-22,29H,11H2/b22-10+. The van der Waals surface area contributed by atoms with E-state index in [9.17, 15) is 0 Å². The van der Waals surface area contributed by atoms with Gasteiger partial charge in [0.05, 0.1) is 11.7 Å². The molecule has 0 aliphatic carbocycles. The van der Waals surface area contributed by atoms with Gasteiger partial charge in [-0.15, -0.1) is 0 Å². The molecule has 4 aromatic rings. The van der Waals surface area contributed by atoms with Crippen LogP contribution in [-0.4, -0.2) is 5.11 Å². The highest BCUT2D eigenvalue weighted by molar-refractivity contribution is 5.59. The zero-order chi connectivity index (χ0) is 19.9. The Morgan fingerprint density at radius 3 is 1.28 bits per heavy atom. The molecule has 0 heterocycles. The highest BCUT2D eigenvalue weighted by Gasteiger charge is 2.37. The van der Waals surface area contributed by atoms with E-state index >= 15 is 0 Å². The Labute approximate surface area is 172 Å². The van der Waals surface area contributed by atoms with Crippen LogP contribution in [0, 0.1) is 0 Å². The van der Waals surface area contributed by atoms with E-state index in [1.54, 1.807) is 6.08 Å². The van der Waals surface area contributed by atoms with Gasteiger partial charge >= 0.3 is 0 Å². The molecular formula is C28H24O. The Bertz CT molecular complexity index is 953. The Kier molecular flexibility index (Phi) is 5.58. The number of aliphatic hydroxyl groups is 1. The van der Waals surface area contributed by atoms with Gasteiger partial charge in [0, 0.05) is 0 Å². The lowest BCUT2D eigenvalue weighted by Crippen LogP contribution is -2.30. The predicted octanol–water partition coefficient (Wildman–Crippen LogP) is 6.68. The van der Waals surface area contributed by atoms with Crippen molar-refractivity contribution >= 4 is 0 Å². The van der Waals surface area contributed by atoms with E-state index in [4.69, 9.17) is 5.11 Å². The van der Waals surface area contributed by atoms with E-state index in [-0.39, 0.29) is 0 Å². The summed E-state index contributed by atoms with van der Waals surface area (Å²) in [6, 6.07) is 40.8. The number of allylic oxidation sites excluding steroid dienone is 1. The SMILES string of the molecule is O/C=C/Cc1ccc(C(c2ccccc2)(c2ccccc2)c2ccccc2)cc1. The highest BCUT2D eigenvalue weighted by Crippen LogP contribution is 2.44. The molecule has 0 bridgehead atoms. The van der Waals surface area contributed by atoms with Gasteiger partial charge in [-0.05, 0) is 40.3 Å². The van der Waals surface area contributed by atoms with Crippen molar-refractivity contribution in [1.82, 2.24) is 0 Å². The van der Waals surface area contributed by atoms with Crippen molar-refractivity contribution < 1.29 is 5.11 Å². The van der Waals surface area contributed by atoms with Gasteiger partial charge in [0.25, 0.3) is 0 Å². The third kappa shape index (κ3) is 3.60. The second-order valence-electron chi connectivity index (χ2n) is 7.13. The van der Waals surface area contributed by atoms with Crippen molar-refractivity contribution in [3.63, 3.8) is 0 Å². The molecule has 0 unspecified atom stereocenters. The molecule has 4 aromatic carbocycles. The number of aliphatic hydroxyl groups excluding tert-OH is 1. The Balaban J connectivity index is 2.00. The molecule has 4 rings (SSSR count). The molecule has 0 saturated carbocycles. The van der Waals surface area contributed by atoms with Crippen molar-refractivity contribution in [2.75, 3.05) is 0 Å². The van der Waals surface area contributed by atoms with Gasteiger partial charge < -0.3 is 5.11 Å². The Hall–Kier alpha value is -3.58. The topological polar surface area (TPSA) is 20.2 Å². The summed E-state index contributed by atoms with van der Waals surface area (Å²) >= 11 is 0. The van der Waals surface area contributed by atoms with Gasteiger partial charge in [-0.25, -0.2) is 0 Å². The van der Waals surface area contributed by atoms with Gasteiger partial charge in [-0.1, -0.05) is 115 Å². The number of rotatable bonds is 6. The smallest absolute Gasteiger partial charge is 0.0755 e. The lowest BCUT2D eigenvalue weighted by atomic mass is 9.65. The van der Waals surface area contributed by atoms with Crippen LogP contribution in [0.5, 0.6) is 0 Å². The van der Waals surface area contributed by atoms with Crippen LogP contribution >= 0.6 is 0 Å². The molecule has 0 aliphatic rings. The first-order chi connectivity index (χ1) is 14.4. The average Bonchev–Trinajstić information content (AvgIpc) is 2.81. The minimum Gasteiger partial charge on any atom is -0.516 e. The summed E-state index contributed by atoms with van der Waals surface area (Å²) in [5.74, 6) is 0. The van der Waals surface area contributed by atoms with Crippen LogP contribution in [0.4, 0.5) is 0 Å². The zero-order valence-electron chi connectivity index (χ0n) is 16.3. The molecule has 1 N–H and O–H groups in total. The first-order valence-corrected chi connectivity index (χ1v) is 9.91. The predicted molar refractivity (Wildman–Crippen MR) is 120 cm³/mol. The van der Waals surface area contributed by atoms with E-state index in [0.717, 1.165) is 6.26 Å². The van der Waals surface area contributed by atoms with E-state index in [1.165, 1.54) is 27.8 Å². The van der Waals surface area contributed by atoms with Crippen molar-refractivity contribution in [2.45, 2.75) is 11.8 Å². The summed E-state index contributed by atoms with van der Waals surface area (Å²) in [6.07, 6.45) is 3.58. The summed E-state index contributed by atoms with van der Waals surface area (Å²) in [5.41, 5.74) is 5.69. The molecule has 0 saturated heterocycles. The first kappa shape index (κ1) is 18.8. The molecule has 29 heavy (non-hydrogen) atoms. The molecule has 0 aliphatic heterocycles. The maximum absolute atomic E-state index is 8.98. The monoisotopic (exact) mass is 376 g/mol. The van der Waals surface area contributed by atoms with Gasteiger partial charge in [0.1, 0.15) is 0 Å². The summed E-state index contributed by atoms with van der Waals surface area (Å²) in [7, 11) is 0. The zero-order valence-corrected chi connectivity index (χ0v) is 16.3. The molecule has 0 radical (unpaired) electrons. The molecule has 0 atom stereocenters. The summed E-state index contributed by atoms with van der Waals surface area (Å²) in [5, 5.41) is 8.98. The lowest BCUT2D eigenvalue weighted by molar-refractivity contribution is 0.471. The largest absolute Gasteiger partial charge is 0.516 e. The van der Waals surface area contributed by atoms with Gasteiger partial charge in [0.2, 0.25) is 0 Å². The van der Waals surface area contributed by atoms with Crippen LogP contribution in [0.2, 0.25) is 0 Å². The van der Waals surface area contributed by atoms with Gasteiger partial charge in [-0.3, -0.25) is 0 Å². The van der Waals surface area contributed by atoms with E-state index < -0.39 is 5.41 Å². The van der Waals surface area contributed by atoms with Crippen LogP contribution in [0.1, 0.15) is 27.8 Å². The highest BCUT2D eigenvalue weighted by atomic mass is 16.2. The second kappa shape index (κ2) is 8.62. The fraction of sp³-hybridized carbons (Fsp3) is 0.0714. The fourth-order valence-electron chi connectivity index (χ4n) is 4.14. The molecule has 0 spiro atoms. The molecular weight excluding hydrogens is 352 g/mol. The normalized spacial score (nSPS) is 11.6. The number of benzene rings is 4. The Morgan fingerprint density at radius 2 is 0.897 bits per heavy atom. The van der Waals surface area contributed by atoms with Crippen LogP contribution < -0.4 is 0 Å². The third-order valence-corrected chi connectivity index (χ3v) is 5.47. The number of hydrogen-bond acceptors (Lipinski definition) is 1. The molecule has 0 fully saturated rings. The van der Waals surface area contributed by atoms with E-state index in [2.05, 4.69) is 115 Å². The maximum atomic E-state index is 8.98. The third-order valence-electron chi connectivity index (χ3n) is 5.47.